The van der Waals surface area contributed by atoms with E-state index in [0.29, 0.717) is 16.5 Å². The number of benzene rings is 2. The van der Waals surface area contributed by atoms with E-state index in [2.05, 4.69) is 10.1 Å². The summed E-state index contributed by atoms with van der Waals surface area (Å²) in [5.74, 6) is -1.51. The van der Waals surface area contributed by atoms with Crippen LogP contribution in [0, 0.1) is 0 Å². The van der Waals surface area contributed by atoms with E-state index >= 15 is 0 Å². The summed E-state index contributed by atoms with van der Waals surface area (Å²) in [4.78, 5) is 35.3. The number of anilines is 1. The third kappa shape index (κ3) is 2.76. The first-order chi connectivity index (χ1) is 11.0. The predicted octanol–water partition coefficient (Wildman–Crippen LogP) is 2.91. The summed E-state index contributed by atoms with van der Waals surface area (Å²) in [6.45, 7) is 0. The molecular weight excluding hydrogens is 322 g/mol. The number of hydrogen-bond acceptors (Lipinski definition) is 5. The molecule has 0 aromatic heterocycles. The van der Waals surface area contributed by atoms with Gasteiger partial charge in [0.1, 0.15) is 5.75 Å². The van der Waals surface area contributed by atoms with Crippen LogP contribution in [0.25, 0.3) is 0 Å². The minimum atomic E-state index is -0.764. The molecule has 23 heavy (non-hydrogen) atoms. The van der Waals surface area contributed by atoms with Crippen molar-refractivity contribution in [1.29, 1.82) is 0 Å². The Labute approximate surface area is 136 Å². The van der Waals surface area contributed by atoms with Crippen LogP contribution in [0.5, 0.6) is 5.75 Å². The number of carbonyl (C=O) groups excluding carboxylic acids is 3. The van der Waals surface area contributed by atoms with Gasteiger partial charge in [-0.2, -0.15) is 0 Å². The molecule has 0 saturated carbocycles. The Balaban J connectivity index is 1.91. The SMILES string of the molecule is COc1ccc(Cl)cc1NC(=O)c1ccc2c(c1)C(=O)OC2=O. The van der Waals surface area contributed by atoms with Gasteiger partial charge in [0.15, 0.2) is 0 Å². The summed E-state index contributed by atoms with van der Waals surface area (Å²) >= 11 is 5.91. The average molecular weight is 332 g/mol. The molecule has 0 aliphatic carbocycles. The predicted molar refractivity (Wildman–Crippen MR) is 82.1 cm³/mol. The van der Waals surface area contributed by atoms with Crippen molar-refractivity contribution in [3.8, 4) is 5.75 Å². The zero-order valence-corrected chi connectivity index (χ0v) is 12.6. The number of amides is 1. The number of methoxy groups -OCH3 is 1. The molecule has 6 nitrogen and oxygen atoms in total. The van der Waals surface area contributed by atoms with Gasteiger partial charge in [-0.3, -0.25) is 4.79 Å². The molecule has 0 spiro atoms. The average Bonchev–Trinajstić information content (AvgIpc) is 2.82. The van der Waals surface area contributed by atoms with Crippen LogP contribution in [0.15, 0.2) is 36.4 Å². The Morgan fingerprint density at radius 2 is 1.83 bits per heavy atom. The lowest BCUT2D eigenvalue weighted by atomic mass is 10.1. The molecule has 2 aromatic carbocycles. The molecule has 1 aliphatic rings. The molecule has 7 heteroatoms. The number of carbonyl (C=O) groups is 3. The molecular formula is C16H10ClNO5. The van der Waals surface area contributed by atoms with E-state index in [9.17, 15) is 14.4 Å². The molecule has 0 radical (unpaired) electrons. The highest BCUT2D eigenvalue weighted by Crippen LogP contribution is 2.28. The first kappa shape index (κ1) is 15.1. The van der Waals surface area contributed by atoms with Crippen LogP contribution in [0.1, 0.15) is 31.1 Å². The van der Waals surface area contributed by atoms with E-state index in [4.69, 9.17) is 16.3 Å². The molecule has 0 bridgehead atoms. The van der Waals surface area contributed by atoms with E-state index in [1.165, 1.54) is 25.3 Å². The van der Waals surface area contributed by atoms with Gasteiger partial charge < -0.3 is 14.8 Å². The van der Waals surface area contributed by atoms with Gasteiger partial charge in [-0.05, 0) is 36.4 Å². The van der Waals surface area contributed by atoms with Crippen LogP contribution in [0.2, 0.25) is 5.02 Å². The smallest absolute Gasteiger partial charge is 0.346 e. The van der Waals surface area contributed by atoms with Gasteiger partial charge in [0.05, 0.1) is 23.9 Å². The van der Waals surface area contributed by atoms with Gasteiger partial charge in [0.2, 0.25) is 0 Å². The third-order valence-corrected chi connectivity index (χ3v) is 3.55. The maximum Gasteiger partial charge on any atom is 0.346 e. The molecule has 116 valence electrons. The van der Waals surface area contributed by atoms with Crippen molar-refractivity contribution in [3.05, 3.63) is 58.1 Å². The van der Waals surface area contributed by atoms with Crippen LogP contribution in [-0.2, 0) is 4.74 Å². The van der Waals surface area contributed by atoms with Gasteiger partial charge in [-0.1, -0.05) is 11.6 Å². The maximum atomic E-state index is 12.3. The van der Waals surface area contributed by atoms with Crippen molar-refractivity contribution in [1.82, 2.24) is 0 Å². The molecule has 2 aromatic rings. The second-order valence-electron chi connectivity index (χ2n) is 4.74. The van der Waals surface area contributed by atoms with E-state index < -0.39 is 17.8 Å². The summed E-state index contributed by atoms with van der Waals surface area (Å²) in [6.07, 6.45) is 0. The summed E-state index contributed by atoms with van der Waals surface area (Å²) in [5.41, 5.74) is 0.814. The number of esters is 2. The quantitative estimate of drug-likeness (QED) is 0.690. The Morgan fingerprint density at radius 3 is 2.57 bits per heavy atom. The zero-order chi connectivity index (χ0) is 16.6. The Bertz CT molecular complexity index is 846. The normalized spacial score (nSPS) is 12.6. The van der Waals surface area contributed by atoms with Crippen LogP contribution >= 0.6 is 11.6 Å². The highest BCUT2D eigenvalue weighted by molar-refractivity contribution is 6.31. The van der Waals surface area contributed by atoms with E-state index in [1.54, 1.807) is 18.2 Å². The molecule has 1 N–H and O–H groups in total. The van der Waals surface area contributed by atoms with Crippen LogP contribution in [0.4, 0.5) is 5.69 Å². The number of halogens is 1. The van der Waals surface area contributed by atoms with E-state index in [0.717, 1.165) is 0 Å². The number of nitrogens with one attached hydrogen (secondary N) is 1. The lowest BCUT2D eigenvalue weighted by Crippen LogP contribution is -2.13. The second kappa shape index (κ2) is 5.73. The van der Waals surface area contributed by atoms with E-state index in [1.807, 2.05) is 0 Å². The molecule has 0 atom stereocenters. The molecule has 0 unspecified atom stereocenters. The molecule has 1 aliphatic heterocycles. The lowest BCUT2D eigenvalue weighted by molar-refractivity contribution is 0.0443. The molecule has 0 fully saturated rings. The minimum Gasteiger partial charge on any atom is -0.495 e. The summed E-state index contributed by atoms with van der Waals surface area (Å²) in [5, 5.41) is 3.08. The zero-order valence-electron chi connectivity index (χ0n) is 11.9. The first-order valence-corrected chi connectivity index (χ1v) is 6.93. The Morgan fingerprint density at radius 1 is 1.09 bits per heavy atom. The van der Waals surface area contributed by atoms with Gasteiger partial charge in [0, 0.05) is 10.6 Å². The van der Waals surface area contributed by atoms with Crippen LogP contribution < -0.4 is 10.1 Å². The molecule has 0 saturated heterocycles. The topological polar surface area (TPSA) is 81.7 Å². The van der Waals surface area contributed by atoms with Crippen LogP contribution in [0.3, 0.4) is 0 Å². The highest BCUT2D eigenvalue weighted by Gasteiger charge is 2.30. The summed E-state index contributed by atoms with van der Waals surface area (Å²) in [6, 6.07) is 8.93. The number of cyclic esters (lactones) is 2. The van der Waals surface area contributed by atoms with Crippen molar-refractivity contribution >= 4 is 35.1 Å². The second-order valence-corrected chi connectivity index (χ2v) is 5.17. The monoisotopic (exact) mass is 331 g/mol. The largest absolute Gasteiger partial charge is 0.495 e. The fourth-order valence-corrected chi connectivity index (χ4v) is 2.37. The van der Waals surface area contributed by atoms with Crippen molar-refractivity contribution in [2.24, 2.45) is 0 Å². The fraction of sp³-hybridized carbons (Fsp3) is 0.0625. The number of rotatable bonds is 3. The van der Waals surface area contributed by atoms with E-state index in [-0.39, 0.29) is 16.7 Å². The molecule has 3 rings (SSSR count). The lowest BCUT2D eigenvalue weighted by Gasteiger charge is -2.10. The van der Waals surface area contributed by atoms with Gasteiger partial charge >= 0.3 is 11.9 Å². The number of ether oxygens (including phenoxy) is 2. The molecule has 1 heterocycles. The minimum absolute atomic E-state index is 0.0701. The van der Waals surface area contributed by atoms with Gasteiger partial charge in [-0.15, -0.1) is 0 Å². The fourth-order valence-electron chi connectivity index (χ4n) is 2.20. The Hall–Kier alpha value is -2.86. The van der Waals surface area contributed by atoms with Crippen LogP contribution in [-0.4, -0.2) is 25.0 Å². The molecule has 1 amide bonds. The number of fused-ring (bicyclic) bond motifs is 1. The maximum absolute atomic E-state index is 12.3. The van der Waals surface area contributed by atoms with Gasteiger partial charge in [0.25, 0.3) is 5.91 Å². The van der Waals surface area contributed by atoms with Crippen molar-refractivity contribution in [3.63, 3.8) is 0 Å². The Kier molecular flexibility index (Phi) is 3.75. The number of hydrogen-bond donors (Lipinski definition) is 1. The first-order valence-electron chi connectivity index (χ1n) is 6.55. The standard InChI is InChI=1S/C16H10ClNO5/c1-22-13-5-3-9(17)7-12(13)18-14(19)8-2-4-10-11(6-8)16(21)23-15(10)20/h2-7H,1H3,(H,18,19). The third-order valence-electron chi connectivity index (χ3n) is 3.32. The summed E-state index contributed by atoms with van der Waals surface area (Å²) in [7, 11) is 1.47. The van der Waals surface area contributed by atoms with Crippen molar-refractivity contribution in [2.45, 2.75) is 0 Å². The summed E-state index contributed by atoms with van der Waals surface area (Å²) < 4.78 is 9.64. The highest BCUT2D eigenvalue weighted by atomic mass is 35.5. The van der Waals surface area contributed by atoms with Gasteiger partial charge in [-0.25, -0.2) is 9.59 Å². The van der Waals surface area contributed by atoms with Crippen molar-refractivity contribution < 1.29 is 23.9 Å². The van der Waals surface area contributed by atoms with Crippen molar-refractivity contribution in [2.75, 3.05) is 12.4 Å².